The highest BCUT2D eigenvalue weighted by Gasteiger charge is 2.04. The van der Waals surface area contributed by atoms with Gasteiger partial charge in [-0.3, -0.25) is 10.1 Å². The van der Waals surface area contributed by atoms with Crippen molar-refractivity contribution >= 4 is 22.7 Å². The van der Waals surface area contributed by atoms with E-state index in [-0.39, 0.29) is 5.69 Å². The van der Waals surface area contributed by atoms with E-state index >= 15 is 0 Å². The Morgan fingerprint density at radius 2 is 1.42 bits per heavy atom. The first-order chi connectivity index (χ1) is 9.19. The standard InChI is InChI=1S/C12H8N5O2/c13-14-9-1-3-10(4-2-9)15-16-11-5-7-12(8-6-11)17(18)19/h1-8H/q+1/b16-15+. The maximum Gasteiger partial charge on any atom is 0.385 e. The SMILES string of the molecule is N#[N+]c1ccc(/N=N/c2ccc([N+](=O)[O-])cc2)cc1. The minimum atomic E-state index is -0.474. The zero-order valence-electron chi connectivity index (χ0n) is 9.67. The minimum Gasteiger partial charge on any atom is -0.258 e. The molecule has 0 saturated carbocycles. The normalized spacial score (nSPS) is 10.3. The van der Waals surface area contributed by atoms with Gasteiger partial charge >= 0.3 is 5.69 Å². The van der Waals surface area contributed by atoms with E-state index < -0.39 is 4.92 Å². The average Bonchev–Trinajstić information content (AvgIpc) is 2.46. The minimum absolute atomic E-state index is 0.00728. The van der Waals surface area contributed by atoms with Gasteiger partial charge < -0.3 is 0 Å². The van der Waals surface area contributed by atoms with Crippen molar-refractivity contribution in [2.75, 3.05) is 0 Å². The van der Waals surface area contributed by atoms with Crippen LogP contribution >= 0.6 is 0 Å². The van der Waals surface area contributed by atoms with Crippen molar-refractivity contribution < 1.29 is 4.92 Å². The van der Waals surface area contributed by atoms with Gasteiger partial charge in [0.05, 0.1) is 16.3 Å². The van der Waals surface area contributed by atoms with Gasteiger partial charge in [0.2, 0.25) is 5.39 Å². The maximum absolute atomic E-state index is 10.5. The van der Waals surface area contributed by atoms with Crippen molar-refractivity contribution in [1.82, 2.24) is 0 Å². The molecule has 0 N–H and O–H groups in total. The molecule has 0 fully saturated rings. The van der Waals surface area contributed by atoms with Crippen LogP contribution < -0.4 is 0 Å². The van der Waals surface area contributed by atoms with Crippen molar-refractivity contribution in [3.63, 3.8) is 0 Å². The first-order valence-corrected chi connectivity index (χ1v) is 5.30. The van der Waals surface area contributed by atoms with Gasteiger partial charge in [-0.2, -0.15) is 10.2 Å². The van der Waals surface area contributed by atoms with Crippen LogP contribution in [-0.2, 0) is 0 Å². The number of nitrogens with zero attached hydrogens (tertiary/aromatic N) is 5. The zero-order chi connectivity index (χ0) is 13.7. The molecule has 7 heteroatoms. The molecule has 0 aliphatic carbocycles. The molecule has 0 aliphatic heterocycles. The fraction of sp³-hybridized carbons (Fsp3) is 0. The molecule has 0 aromatic heterocycles. The Labute approximate surface area is 108 Å². The third-order valence-corrected chi connectivity index (χ3v) is 2.31. The topological polar surface area (TPSA) is 96.0 Å². The van der Waals surface area contributed by atoms with E-state index in [2.05, 4.69) is 15.2 Å². The monoisotopic (exact) mass is 254 g/mol. The molecular weight excluding hydrogens is 246 g/mol. The van der Waals surface area contributed by atoms with Crippen LogP contribution in [0, 0.1) is 15.5 Å². The molecule has 0 aliphatic rings. The lowest BCUT2D eigenvalue weighted by molar-refractivity contribution is -0.384. The molecule has 0 amide bonds. The predicted octanol–water partition coefficient (Wildman–Crippen LogP) is 4.49. The highest BCUT2D eigenvalue weighted by Crippen LogP contribution is 2.22. The highest BCUT2D eigenvalue weighted by atomic mass is 16.6. The first kappa shape index (κ1) is 12.3. The van der Waals surface area contributed by atoms with Crippen LogP contribution in [0.2, 0.25) is 0 Å². The molecule has 2 aromatic carbocycles. The lowest BCUT2D eigenvalue weighted by Crippen LogP contribution is -1.85. The average molecular weight is 254 g/mol. The van der Waals surface area contributed by atoms with Gasteiger partial charge in [-0.15, -0.1) is 0 Å². The predicted molar refractivity (Wildman–Crippen MR) is 68.5 cm³/mol. The summed E-state index contributed by atoms with van der Waals surface area (Å²) < 4.78 is 0. The molecule has 0 radical (unpaired) electrons. The van der Waals surface area contributed by atoms with E-state index in [1.807, 2.05) is 0 Å². The second-order valence-electron chi connectivity index (χ2n) is 3.59. The Balaban J connectivity index is 2.13. The summed E-state index contributed by atoms with van der Waals surface area (Å²) in [5.74, 6) is 0. The Morgan fingerprint density at radius 3 is 1.84 bits per heavy atom. The van der Waals surface area contributed by atoms with Crippen LogP contribution in [0.4, 0.5) is 22.7 Å². The first-order valence-electron chi connectivity index (χ1n) is 5.30. The van der Waals surface area contributed by atoms with E-state index in [4.69, 9.17) is 5.39 Å². The molecule has 7 nitrogen and oxygen atoms in total. The van der Waals surface area contributed by atoms with Crippen LogP contribution in [0.3, 0.4) is 0 Å². The Morgan fingerprint density at radius 1 is 0.947 bits per heavy atom. The summed E-state index contributed by atoms with van der Waals surface area (Å²) in [4.78, 5) is 13.0. The van der Waals surface area contributed by atoms with Crippen LogP contribution in [0.1, 0.15) is 0 Å². The molecule has 2 rings (SSSR count). The van der Waals surface area contributed by atoms with Crippen LogP contribution in [0.5, 0.6) is 0 Å². The molecule has 92 valence electrons. The van der Waals surface area contributed by atoms with Crippen molar-refractivity contribution in [2.45, 2.75) is 0 Å². The molecule has 0 spiro atoms. The second kappa shape index (κ2) is 5.46. The number of diazo groups is 1. The van der Waals surface area contributed by atoms with Crippen molar-refractivity contribution in [3.05, 3.63) is 63.6 Å². The smallest absolute Gasteiger partial charge is 0.258 e. The number of nitro benzene ring substituents is 1. The number of benzene rings is 2. The van der Waals surface area contributed by atoms with Gasteiger partial charge in [0.25, 0.3) is 5.69 Å². The van der Waals surface area contributed by atoms with Crippen LogP contribution in [0.15, 0.2) is 58.8 Å². The number of hydrogen-bond donors (Lipinski definition) is 0. The Bertz CT molecular complexity index is 656. The molecular formula is C12H8N5O2+. The summed E-state index contributed by atoms with van der Waals surface area (Å²) in [7, 11) is 0. The molecule has 0 saturated heterocycles. The third-order valence-electron chi connectivity index (χ3n) is 2.31. The molecule has 19 heavy (non-hydrogen) atoms. The van der Waals surface area contributed by atoms with Gasteiger partial charge in [-0.25, -0.2) is 0 Å². The summed E-state index contributed by atoms with van der Waals surface area (Å²) in [6.07, 6.45) is 0. The van der Waals surface area contributed by atoms with Gasteiger partial charge in [-0.05, 0) is 24.3 Å². The van der Waals surface area contributed by atoms with Crippen molar-refractivity contribution in [2.24, 2.45) is 10.2 Å². The maximum atomic E-state index is 10.5. The third kappa shape index (κ3) is 3.17. The molecule has 2 aromatic rings. The largest absolute Gasteiger partial charge is 0.385 e. The van der Waals surface area contributed by atoms with Gasteiger partial charge in [0, 0.05) is 24.3 Å². The fourth-order valence-corrected chi connectivity index (χ4v) is 1.34. The van der Waals surface area contributed by atoms with E-state index in [0.717, 1.165) is 0 Å². The highest BCUT2D eigenvalue weighted by molar-refractivity contribution is 5.51. The summed E-state index contributed by atoms with van der Waals surface area (Å²) in [6.45, 7) is 0. The van der Waals surface area contributed by atoms with E-state index in [9.17, 15) is 10.1 Å². The quantitative estimate of drug-likeness (QED) is 0.349. The summed E-state index contributed by atoms with van der Waals surface area (Å²) in [5, 5.41) is 26.9. The van der Waals surface area contributed by atoms with Gasteiger partial charge in [-0.1, -0.05) is 0 Å². The van der Waals surface area contributed by atoms with Crippen molar-refractivity contribution in [3.8, 4) is 0 Å². The number of non-ortho nitro benzene ring substituents is 1. The molecule has 0 unspecified atom stereocenters. The molecule has 0 bridgehead atoms. The Hall–Kier alpha value is -3.14. The van der Waals surface area contributed by atoms with E-state index in [1.165, 1.54) is 24.3 Å². The van der Waals surface area contributed by atoms with Crippen molar-refractivity contribution in [1.29, 1.82) is 5.39 Å². The molecule has 0 atom stereocenters. The summed E-state index contributed by atoms with van der Waals surface area (Å²) in [5.41, 5.74) is 1.54. The number of nitro groups is 1. The van der Waals surface area contributed by atoms with E-state index in [1.54, 1.807) is 24.3 Å². The van der Waals surface area contributed by atoms with Gasteiger partial charge in [0.1, 0.15) is 0 Å². The number of rotatable bonds is 3. The molecule has 0 heterocycles. The summed E-state index contributed by atoms with van der Waals surface area (Å²) >= 11 is 0. The fourth-order valence-electron chi connectivity index (χ4n) is 1.34. The Kier molecular flexibility index (Phi) is 3.54. The lowest BCUT2D eigenvalue weighted by Gasteiger charge is -1.93. The van der Waals surface area contributed by atoms with Gasteiger partial charge in [0.15, 0.2) is 4.98 Å². The second-order valence-corrected chi connectivity index (χ2v) is 3.59. The summed E-state index contributed by atoms with van der Waals surface area (Å²) in [6, 6.07) is 12.2. The van der Waals surface area contributed by atoms with Crippen LogP contribution in [0.25, 0.3) is 4.98 Å². The van der Waals surface area contributed by atoms with Crippen LogP contribution in [-0.4, -0.2) is 4.92 Å². The number of hydrogen-bond acceptors (Lipinski definition) is 5. The number of azo groups is 1. The lowest BCUT2D eigenvalue weighted by atomic mass is 10.3. The van der Waals surface area contributed by atoms with E-state index in [0.29, 0.717) is 17.1 Å². The zero-order valence-corrected chi connectivity index (χ0v) is 9.67.